The Balaban J connectivity index is 1.35. The van der Waals surface area contributed by atoms with Crippen molar-refractivity contribution in [3.8, 4) is 0 Å². The van der Waals surface area contributed by atoms with Gasteiger partial charge < -0.3 is 10.2 Å². The Kier molecular flexibility index (Phi) is 7.96. The van der Waals surface area contributed by atoms with Crippen molar-refractivity contribution in [2.75, 3.05) is 19.6 Å². The van der Waals surface area contributed by atoms with Crippen LogP contribution >= 0.6 is 11.6 Å². The van der Waals surface area contributed by atoms with Gasteiger partial charge in [-0.3, -0.25) is 14.6 Å². The van der Waals surface area contributed by atoms with Crippen LogP contribution in [0.2, 0.25) is 5.02 Å². The summed E-state index contributed by atoms with van der Waals surface area (Å²) in [6.45, 7) is 3.85. The van der Waals surface area contributed by atoms with Gasteiger partial charge in [-0.2, -0.15) is 0 Å². The number of rotatable bonds is 7. The van der Waals surface area contributed by atoms with Gasteiger partial charge in [0, 0.05) is 41.8 Å². The van der Waals surface area contributed by atoms with E-state index in [-0.39, 0.29) is 17.7 Å². The van der Waals surface area contributed by atoms with E-state index in [1.165, 1.54) is 5.56 Å². The predicted molar refractivity (Wildman–Crippen MR) is 135 cm³/mol. The van der Waals surface area contributed by atoms with Crippen LogP contribution in [0.15, 0.2) is 66.7 Å². The van der Waals surface area contributed by atoms with E-state index in [1.807, 2.05) is 42.2 Å². The quantitative estimate of drug-likeness (QED) is 0.464. The van der Waals surface area contributed by atoms with E-state index in [0.29, 0.717) is 35.8 Å². The molecule has 6 heteroatoms. The molecule has 176 valence electrons. The van der Waals surface area contributed by atoms with Crippen molar-refractivity contribution < 1.29 is 9.59 Å². The number of piperidine rings is 1. The summed E-state index contributed by atoms with van der Waals surface area (Å²) in [5.41, 5.74) is 4.31. The number of hydrogen-bond acceptors (Lipinski definition) is 3. The molecule has 1 aliphatic rings. The molecule has 1 aliphatic heterocycles. The fourth-order valence-electron chi connectivity index (χ4n) is 4.45. The second-order valence-corrected chi connectivity index (χ2v) is 9.24. The van der Waals surface area contributed by atoms with Crippen molar-refractivity contribution in [3.63, 3.8) is 0 Å². The van der Waals surface area contributed by atoms with Crippen LogP contribution < -0.4 is 5.32 Å². The molecule has 0 radical (unpaired) electrons. The number of hydrogen-bond donors (Lipinski definition) is 1. The summed E-state index contributed by atoms with van der Waals surface area (Å²) in [6, 6.07) is 21.1. The minimum atomic E-state index is -0.0739. The summed E-state index contributed by atoms with van der Waals surface area (Å²) in [7, 11) is 0. The normalized spacial score (nSPS) is 14.1. The van der Waals surface area contributed by atoms with Crippen LogP contribution in [0.1, 0.15) is 62.8 Å². The van der Waals surface area contributed by atoms with Crippen LogP contribution in [0.3, 0.4) is 0 Å². The summed E-state index contributed by atoms with van der Waals surface area (Å²) >= 11 is 5.95. The Morgan fingerprint density at radius 1 is 1.00 bits per heavy atom. The highest BCUT2D eigenvalue weighted by atomic mass is 35.5. The second kappa shape index (κ2) is 11.3. The number of nitrogens with one attached hydrogen (secondary N) is 1. The lowest BCUT2D eigenvalue weighted by molar-refractivity contribution is 0.0710. The average Bonchev–Trinajstić information content (AvgIpc) is 2.87. The highest BCUT2D eigenvalue weighted by Gasteiger charge is 2.28. The first-order chi connectivity index (χ1) is 16.5. The molecule has 34 heavy (non-hydrogen) atoms. The zero-order chi connectivity index (χ0) is 23.9. The number of halogens is 1. The molecule has 2 amide bonds. The standard InChI is InChI=1S/C28H30ClN3O2/c1-20-9-14-25(27(33)30-17-5-8-21-6-3-2-4-7-21)26(31-20)22-15-18-32(19-16-22)28(34)23-10-12-24(29)13-11-23/h2-4,6-7,9-14,22H,5,8,15-19H2,1H3,(H,30,33). The number of nitrogens with zero attached hydrogens (tertiary/aromatic N) is 2. The van der Waals surface area contributed by atoms with Gasteiger partial charge in [0.05, 0.1) is 11.3 Å². The molecule has 4 rings (SSSR count). The molecule has 3 aromatic rings. The Hall–Kier alpha value is -3.18. The summed E-state index contributed by atoms with van der Waals surface area (Å²) in [6.07, 6.45) is 3.38. The van der Waals surface area contributed by atoms with Gasteiger partial charge in [-0.05, 0) is 74.6 Å². The van der Waals surface area contributed by atoms with Crippen LogP contribution in [0, 0.1) is 6.92 Å². The molecule has 1 aromatic heterocycles. The van der Waals surface area contributed by atoms with E-state index in [9.17, 15) is 9.59 Å². The summed E-state index contributed by atoms with van der Waals surface area (Å²) < 4.78 is 0. The van der Waals surface area contributed by atoms with Gasteiger partial charge in [-0.1, -0.05) is 41.9 Å². The number of carbonyl (C=O) groups excluding carboxylic acids is 2. The topological polar surface area (TPSA) is 62.3 Å². The first-order valence-electron chi connectivity index (χ1n) is 11.9. The van der Waals surface area contributed by atoms with Gasteiger partial charge in [0.15, 0.2) is 0 Å². The summed E-state index contributed by atoms with van der Waals surface area (Å²) in [5.74, 6) is 0.0955. The number of aromatic nitrogens is 1. The number of carbonyl (C=O) groups is 2. The molecule has 0 aliphatic carbocycles. The second-order valence-electron chi connectivity index (χ2n) is 8.80. The van der Waals surface area contributed by atoms with E-state index in [2.05, 4.69) is 17.4 Å². The van der Waals surface area contributed by atoms with Gasteiger partial charge in [0.25, 0.3) is 11.8 Å². The van der Waals surface area contributed by atoms with Gasteiger partial charge in [-0.25, -0.2) is 0 Å². The van der Waals surface area contributed by atoms with Crippen molar-refractivity contribution in [1.82, 2.24) is 15.2 Å². The SMILES string of the molecule is Cc1ccc(C(=O)NCCCc2ccccc2)c(C2CCN(C(=O)c3ccc(Cl)cc3)CC2)n1. The maximum atomic E-state index is 13.0. The highest BCUT2D eigenvalue weighted by Crippen LogP contribution is 2.30. The zero-order valence-corrected chi connectivity index (χ0v) is 20.2. The zero-order valence-electron chi connectivity index (χ0n) is 19.5. The van der Waals surface area contributed by atoms with Crippen molar-refractivity contribution in [2.45, 2.75) is 38.5 Å². The third kappa shape index (κ3) is 6.03. The number of benzene rings is 2. The molecule has 2 heterocycles. The molecule has 5 nitrogen and oxygen atoms in total. The lowest BCUT2D eigenvalue weighted by Gasteiger charge is -2.32. The first-order valence-corrected chi connectivity index (χ1v) is 12.2. The van der Waals surface area contributed by atoms with Gasteiger partial charge in [-0.15, -0.1) is 0 Å². The number of amides is 2. The highest BCUT2D eigenvalue weighted by molar-refractivity contribution is 6.30. The number of likely N-dealkylation sites (tertiary alicyclic amines) is 1. The maximum Gasteiger partial charge on any atom is 0.253 e. The number of pyridine rings is 1. The van der Waals surface area contributed by atoms with Crippen molar-refractivity contribution in [1.29, 1.82) is 0 Å². The van der Waals surface area contributed by atoms with Crippen molar-refractivity contribution in [3.05, 3.63) is 99.8 Å². The number of aryl methyl sites for hydroxylation is 2. The predicted octanol–water partition coefficient (Wildman–Crippen LogP) is 5.43. The molecule has 0 saturated carbocycles. The molecule has 1 fully saturated rings. The van der Waals surface area contributed by atoms with Gasteiger partial charge in [0.2, 0.25) is 0 Å². The van der Waals surface area contributed by atoms with E-state index >= 15 is 0 Å². The Bertz CT molecular complexity index is 1120. The Morgan fingerprint density at radius 3 is 2.41 bits per heavy atom. The monoisotopic (exact) mass is 475 g/mol. The average molecular weight is 476 g/mol. The lowest BCUT2D eigenvalue weighted by atomic mass is 9.89. The van der Waals surface area contributed by atoms with Crippen LogP contribution in [-0.2, 0) is 6.42 Å². The van der Waals surface area contributed by atoms with E-state index in [1.54, 1.807) is 24.3 Å². The molecule has 1 saturated heterocycles. The molecule has 1 N–H and O–H groups in total. The molecule has 0 spiro atoms. The molecule has 0 atom stereocenters. The van der Waals surface area contributed by atoms with Crippen LogP contribution in [0.4, 0.5) is 0 Å². The van der Waals surface area contributed by atoms with E-state index < -0.39 is 0 Å². The molecule has 0 unspecified atom stereocenters. The minimum Gasteiger partial charge on any atom is -0.352 e. The largest absolute Gasteiger partial charge is 0.352 e. The minimum absolute atomic E-state index is 0.0173. The smallest absolute Gasteiger partial charge is 0.253 e. The van der Waals surface area contributed by atoms with Crippen LogP contribution in [0.25, 0.3) is 0 Å². The Morgan fingerprint density at radius 2 is 1.71 bits per heavy atom. The third-order valence-corrected chi connectivity index (χ3v) is 6.59. The fraction of sp³-hybridized carbons (Fsp3) is 0.321. The van der Waals surface area contributed by atoms with Gasteiger partial charge >= 0.3 is 0 Å². The van der Waals surface area contributed by atoms with Gasteiger partial charge in [0.1, 0.15) is 0 Å². The van der Waals surface area contributed by atoms with Crippen molar-refractivity contribution >= 4 is 23.4 Å². The lowest BCUT2D eigenvalue weighted by Crippen LogP contribution is -2.38. The first kappa shape index (κ1) is 24.0. The molecular weight excluding hydrogens is 446 g/mol. The summed E-state index contributed by atoms with van der Waals surface area (Å²) in [5, 5.41) is 3.68. The van der Waals surface area contributed by atoms with Crippen molar-refractivity contribution in [2.24, 2.45) is 0 Å². The molecule has 2 aromatic carbocycles. The maximum absolute atomic E-state index is 13.0. The fourth-order valence-corrected chi connectivity index (χ4v) is 4.57. The van der Waals surface area contributed by atoms with E-state index in [0.717, 1.165) is 37.1 Å². The third-order valence-electron chi connectivity index (χ3n) is 6.34. The Labute approximate surface area is 206 Å². The van der Waals surface area contributed by atoms with Crippen LogP contribution in [0.5, 0.6) is 0 Å². The van der Waals surface area contributed by atoms with E-state index in [4.69, 9.17) is 16.6 Å². The molecule has 0 bridgehead atoms. The summed E-state index contributed by atoms with van der Waals surface area (Å²) in [4.78, 5) is 32.5. The van der Waals surface area contributed by atoms with Crippen LogP contribution in [-0.4, -0.2) is 41.3 Å². The molecular formula is C28H30ClN3O2.